The fourth-order valence-corrected chi connectivity index (χ4v) is 1.72. The SMILES string of the molecule is CCOC(=O)Cc1cc(CN)c(C(F)F)nc1C(F)(F)F. The average Bonchev–Trinajstić information content (AvgIpc) is 2.36. The van der Waals surface area contributed by atoms with Crippen LogP contribution in [0, 0.1) is 0 Å². The molecule has 0 amide bonds. The highest BCUT2D eigenvalue weighted by Gasteiger charge is 2.37. The molecule has 0 saturated heterocycles. The lowest BCUT2D eigenvalue weighted by Crippen LogP contribution is -2.19. The third-order valence-corrected chi connectivity index (χ3v) is 2.55. The van der Waals surface area contributed by atoms with Gasteiger partial charge in [-0.3, -0.25) is 4.79 Å². The van der Waals surface area contributed by atoms with Gasteiger partial charge in [0, 0.05) is 6.54 Å². The molecule has 0 aliphatic heterocycles. The fourth-order valence-electron chi connectivity index (χ4n) is 1.72. The molecule has 0 fully saturated rings. The summed E-state index contributed by atoms with van der Waals surface area (Å²) in [6.45, 7) is 1.07. The molecule has 9 heteroatoms. The summed E-state index contributed by atoms with van der Waals surface area (Å²) in [5.74, 6) is -0.905. The van der Waals surface area contributed by atoms with Crippen molar-refractivity contribution in [1.29, 1.82) is 0 Å². The first kappa shape index (κ1) is 17.3. The third kappa shape index (κ3) is 4.35. The van der Waals surface area contributed by atoms with E-state index < -0.39 is 48.5 Å². The van der Waals surface area contributed by atoms with Gasteiger partial charge in [-0.25, -0.2) is 13.8 Å². The standard InChI is InChI=1S/C12H13F5N2O2/c1-2-21-8(20)4-6-3-7(5-18)9(11(13)14)19-10(6)12(15,16)17/h3,11H,2,4-5,18H2,1H3. The van der Waals surface area contributed by atoms with Crippen LogP contribution in [0.1, 0.15) is 35.9 Å². The number of alkyl halides is 5. The van der Waals surface area contributed by atoms with Crippen LogP contribution in [0.2, 0.25) is 0 Å². The number of pyridine rings is 1. The van der Waals surface area contributed by atoms with Gasteiger partial charge in [0.1, 0.15) is 11.4 Å². The summed E-state index contributed by atoms with van der Waals surface area (Å²) in [5.41, 5.74) is 1.91. The van der Waals surface area contributed by atoms with E-state index in [0.717, 1.165) is 6.07 Å². The summed E-state index contributed by atoms with van der Waals surface area (Å²) in [7, 11) is 0. The van der Waals surface area contributed by atoms with Gasteiger partial charge in [-0.05, 0) is 24.1 Å². The van der Waals surface area contributed by atoms with Crippen molar-refractivity contribution >= 4 is 5.97 Å². The van der Waals surface area contributed by atoms with Crippen molar-refractivity contribution in [3.63, 3.8) is 0 Å². The van der Waals surface area contributed by atoms with E-state index in [0.29, 0.717) is 0 Å². The minimum atomic E-state index is -4.96. The minimum absolute atomic E-state index is 0.00746. The highest BCUT2D eigenvalue weighted by atomic mass is 19.4. The van der Waals surface area contributed by atoms with E-state index >= 15 is 0 Å². The number of carbonyl (C=O) groups excluding carboxylic acids is 1. The van der Waals surface area contributed by atoms with Crippen molar-refractivity contribution < 1.29 is 31.5 Å². The smallest absolute Gasteiger partial charge is 0.433 e. The molecule has 0 aliphatic rings. The minimum Gasteiger partial charge on any atom is -0.466 e. The Balaban J connectivity index is 3.36. The monoisotopic (exact) mass is 312 g/mol. The number of hydrogen-bond donors (Lipinski definition) is 1. The van der Waals surface area contributed by atoms with Gasteiger partial charge in [-0.2, -0.15) is 13.2 Å². The first-order chi connectivity index (χ1) is 9.70. The van der Waals surface area contributed by atoms with E-state index in [1.165, 1.54) is 6.92 Å². The summed E-state index contributed by atoms with van der Waals surface area (Å²) >= 11 is 0. The number of halogens is 5. The summed E-state index contributed by atoms with van der Waals surface area (Å²) < 4.78 is 68.6. The van der Waals surface area contributed by atoms with Crippen LogP contribution in [-0.4, -0.2) is 17.6 Å². The number of nitrogens with two attached hydrogens (primary N) is 1. The lowest BCUT2D eigenvalue weighted by Gasteiger charge is -2.16. The molecular formula is C12H13F5N2O2. The van der Waals surface area contributed by atoms with Crippen LogP contribution in [0.4, 0.5) is 22.0 Å². The molecule has 0 unspecified atom stereocenters. The van der Waals surface area contributed by atoms with Gasteiger partial charge in [0.2, 0.25) is 0 Å². The highest BCUT2D eigenvalue weighted by Crippen LogP contribution is 2.34. The van der Waals surface area contributed by atoms with Crippen molar-refractivity contribution in [3.05, 3.63) is 28.6 Å². The van der Waals surface area contributed by atoms with Gasteiger partial charge >= 0.3 is 12.1 Å². The van der Waals surface area contributed by atoms with Gasteiger partial charge in [0.05, 0.1) is 13.0 Å². The van der Waals surface area contributed by atoms with E-state index in [1.54, 1.807) is 0 Å². The second-order valence-electron chi connectivity index (χ2n) is 4.02. The molecule has 1 aromatic rings. The summed E-state index contributed by atoms with van der Waals surface area (Å²) in [4.78, 5) is 14.3. The van der Waals surface area contributed by atoms with E-state index in [9.17, 15) is 26.7 Å². The van der Waals surface area contributed by atoms with E-state index in [-0.39, 0.29) is 12.2 Å². The number of carbonyl (C=O) groups is 1. The molecule has 0 aliphatic carbocycles. The Kier molecular flexibility index (Phi) is 5.59. The maximum absolute atomic E-state index is 12.9. The Morgan fingerprint density at radius 2 is 2.00 bits per heavy atom. The summed E-state index contributed by atoms with van der Waals surface area (Å²) in [5, 5.41) is 0. The highest BCUT2D eigenvalue weighted by molar-refractivity contribution is 5.73. The largest absolute Gasteiger partial charge is 0.466 e. The van der Waals surface area contributed by atoms with Crippen LogP contribution in [0.5, 0.6) is 0 Å². The topological polar surface area (TPSA) is 65.2 Å². The zero-order valence-corrected chi connectivity index (χ0v) is 11.0. The molecule has 1 rings (SSSR count). The maximum Gasteiger partial charge on any atom is 0.433 e. The molecule has 118 valence electrons. The Labute approximate surface area is 117 Å². The first-order valence-corrected chi connectivity index (χ1v) is 5.94. The van der Waals surface area contributed by atoms with Crippen molar-refractivity contribution in [2.75, 3.05) is 6.61 Å². The Bertz CT molecular complexity index is 517. The van der Waals surface area contributed by atoms with Crippen molar-refractivity contribution in [1.82, 2.24) is 4.98 Å². The molecule has 2 N–H and O–H groups in total. The number of nitrogens with zero attached hydrogens (tertiary/aromatic N) is 1. The van der Waals surface area contributed by atoms with Gasteiger partial charge in [0.15, 0.2) is 0 Å². The predicted molar refractivity (Wildman–Crippen MR) is 62.4 cm³/mol. The predicted octanol–water partition coefficient (Wildman–Crippen LogP) is 2.60. The number of rotatable bonds is 5. The molecule has 0 spiro atoms. The van der Waals surface area contributed by atoms with Crippen LogP contribution < -0.4 is 5.73 Å². The molecular weight excluding hydrogens is 299 g/mol. The number of hydrogen-bond acceptors (Lipinski definition) is 4. The molecule has 0 radical (unpaired) electrons. The van der Waals surface area contributed by atoms with E-state index in [4.69, 9.17) is 5.73 Å². The maximum atomic E-state index is 12.9. The zero-order chi connectivity index (χ0) is 16.2. The van der Waals surface area contributed by atoms with Crippen molar-refractivity contribution in [2.24, 2.45) is 5.73 Å². The lowest BCUT2D eigenvalue weighted by atomic mass is 10.0. The van der Waals surface area contributed by atoms with E-state index in [1.807, 2.05) is 0 Å². The zero-order valence-electron chi connectivity index (χ0n) is 11.0. The van der Waals surface area contributed by atoms with Crippen molar-refractivity contribution in [2.45, 2.75) is 32.5 Å². The average molecular weight is 312 g/mol. The lowest BCUT2D eigenvalue weighted by molar-refractivity contribution is -0.144. The molecule has 0 saturated carbocycles. The third-order valence-electron chi connectivity index (χ3n) is 2.55. The molecule has 0 aromatic carbocycles. The molecule has 4 nitrogen and oxygen atoms in total. The summed E-state index contributed by atoms with van der Waals surface area (Å²) in [6, 6.07) is 0.828. The number of ether oxygens (including phenoxy) is 1. The van der Waals surface area contributed by atoms with Crippen LogP contribution in [0.15, 0.2) is 6.07 Å². The van der Waals surface area contributed by atoms with Crippen LogP contribution >= 0.6 is 0 Å². The molecule has 21 heavy (non-hydrogen) atoms. The normalized spacial score (nSPS) is 11.8. The second kappa shape index (κ2) is 6.79. The molecule has 1 aromatic heterocycles. The number of esters is 1. The van der Waals surface area contributed by atoms with Crippen LogP contribution in [-0.2, 0) is 28.7 Å². The van der Waals surface area contributed by atoms with Gasteiger partial charge in [-0.1, -0.05) is 0 Å². The van der Waals surface area contributed by atoms with Gasteiger partial charge < -0.3 is 10.5 Å². The fraction of sp³-hybridized carbons (Fsp3) is 0.500. The summed E-state index contributed by atoms with van der Waals surface area (Å²) in [6.07, 6.45) is -8.87. The molecule has 0 atom stereocenters. The molecule has 0 bridgehead atoms. The van der Waals surface area contributed by atoms with E-state index in [2.05, 4.69) is 9.72 Å². The van der Waals surface area contributed by atoms with Crippen LogP contribution in [0.25, 0.3) is 0 Å². The van der Waals surface area contributed by atoms with Gasteiger partial charge in [0.25, 0.3) is 6.43 Å². The quantitative estimate of drug-likeness (QED) is 0.670. The van der Waals surface area contributed by atoms with Gasteiger partial charge in [-0.15, -0.1) is 0 Å². The van der Waals surface area contributed by atoms with Crippen molar-refractivity contribution in [3.8, 4) is 0 Å². The van der Waals surface area contributed by atoms with Crippen LogP contribution in [0.3, 0.4) is 0 Å². The molecule has 1 heterocycles. The number of aromatic nitrogens is 1. The second-order valence-corrected chi connectivity index (χ2v) is 4.02. The first-order valence-electron chi connectivity index (χ1n) is 5.94. The Morgan fingerprint density at radius 1 is 1.38 bits per heavy atom. The Morgan fingerprint density at radius 3 is 2.43 bits per heavy atom. The Hall–Kier alpha value is -1.77.